The van der Waals surface area contributed by atoms with Gasteiger partial charge in [0.05, 0.1) is 0 Å². The van der Waals surface area contributed by atoms with Crippen LogP contribution >= 0.6 is 0 Å². The predicted octanol–water partition coefficient (Wildman–Crippen LogP) is 14.2. The van der Waals surface area contributed by atoms with Crippen LogP contribution in [-0.2, 0) is 19.1 Å². The minimum atomic E-state index is -1.02. The second kappa shape index (κ2) is 43.1. The van der Waals surface area contributed by atoms with E-state index in [4.69, 9.17) is 9.84 Å². The second-order valence-electron chi connectivity index (χ2n) is 15.3. The standard InChI is InChI=1S/C48H85NO5/c1-3-5-7-9-11-13-15-17-18-19-20-21-22-24-26-28-30-35-39-43-48(53)54-45(41-37-33-31-34-38-42-46(50)49-44-47(51)52)40-36-32-29-27-25-23-16-14-12-10-8-6-4-2/h11,13,17-18,20-21,27,29,45H,3-10,12,14-16,19,22-26,28,30-44H2,1-2H3,(H,49,50)(H,51,52)/b13-11-,18-17-,21-20-,29-27-. The van der Waals surface area contributed by atoms with E-state index >= 15 is 0 Å². The fraction of sp³-hybridized carbons (Fsp3) is 0.771. The number of carbonyl (C=O) groups is 3. The summed E-state index contributed by atoms with van der Waals surface area (Å²) in [7, 11) is 0. The Hall–Kier alpha value is -2.63. The Morgan fingerprint density at radius 3 is 1.43 bits per heavy atom. The van der Waals surface area contributed by atoms with Gasteiger partial charge in [0.2, 0.25) is 5.91 Å². The van der Waals surface area contributed by atoms with E-state index < -0.39 is 5.97 Å². The molecule has 1 amide bonds. The molecule has 0 aromatic rings. The van der Waals surface area contributed by atoms with Gasteiger partial charge in [0.15, 0.2) is 0 Å². The Balaban J connectivity index is 4.20. The van der Waals surface area contributed by atoms with Crippen LogP contribution in [0.25, 0.3) is 0 Å². The third-order valence-electron chi connectivity index (χ3n) is 9.97. The van der Waals surface area contributed by atoms with E-state index in [2.05, 4.69) is 67.8 Å². The fourth-order valence-corrected chi connectivity index (χ4v) is 6.58. The van der Waals surface area contributed by atoms with E-state index in [9.17, 15) is 14.4 Å². The van der Waals surface area contributed by atoms with Crippen molar-refractivity contribution in [2.24, 2.45) is 0 Å². The van der Waals surface area contributed by atoms with Crippen molar-refractivity contribution in [2.75, 3.05) is 6.54 Å². The van der Waals surface area contributed by atoms with Crippen molar-refractivity contribution < 1.29 is 24.2 Å². The lowest BCUT2D eigenvalue weighted by molar-refractivity contribution is -0.150. The van der Waals surface area contributed by atoms with Crippen LogP contribution < -0.4 is 5.32 Å². The maximum atomic E-state index is 12.8. The lowest BCUT2D eigenvalue weighted by Crippen LogP contribution is -2.28. The smallest absolute Gasteiger partial charge is 0.322 e. The lowest BCUT2D eigenvalue weighted by Gasteiger charge is -2.18. The van der Waals surface area contributed by atoms with Crippen molar-refractivity contribution in [3.8, 4) is 0 Å². The van der Waals surface area contributed by atoms with Crippen LogP contribution in [0.2, 0.25) is 0 Å². The van der Waals surface area contributed by atoms with Gasteiger partial charge in [-0.1, -0.05) is 165 Å². The first-order valence-corrected chi connectivity index (χ1v) is 22.8. The average molecular weight is 756 g/mol. The van der Waals surface area contributed by atoms with E-state index in [1.54, 1.807) is 0 Å². The van der Waals surface area contributed by atoms with Gasteiger partial charge in [-0.05, 0) is 96.3 Å². The summed E-state index contributed by atoms with van der Waals surface area (Å²) in [6, 6.07) is 0. The maximum absolute atomic E-state index is 12.8. The summed E-state index contributed by atoms with van der Waals surface area (Å²) in [6.07, 6.45) is 55.2. The zero-order valence-electron chi connectivity index (χ0n) is 35.3. The van der Waals surface area contributed by atoms with Gasteiger partial charge >= 0.3 is 11.9 Å². The first-order valence-electron chi connectivity index (χ1n) is 22.8. The largest absolute Gasteiger partial charge is 0.480 e. The molecule has 54 heavy (non-hydrogen) atoms. The highest BCUT2D eigenvalue weighted by Crippen LogP contribution is 2.18. The molecule has 6 heteroatoms. The Bertz CT molecular complexity index is 968. The SMILES string of the molecule is CCCCC/C=C\C/C=C\C/C=C\CCCCCCCCC(=O)OC(CCC/C=C\CCCCCCCCCC)CCCCCCCC(=O)NCC(=O)O. The normalized spacial score (nSPS) is 12.5. The van der Waals surface area contributed by atoms with E-state index in [1.165, 1.54) is 109 Å². The fourth-order valence-electron chi connectivity index (χ4n) is 6.58. The third-order valence-corrected chi connectivity index (χ3v) is 9.97. The van der Waals surface area contributed by atoms with Gasteiger partial charge in [0, 0.05) is 12.8 Å². The van der Waals surface area contributed by atoms with Gasteiger partial charge in [-0.2, -0.15) is 0 Å². The highest BCUT2D eigenvalue weighted by molar-refractivity contribution is 5.80. The summed E-state index contributed by atoms with van der Waals surface area (Å²) < 4.78 is 6.02. The van der Waals surface area contributed by atoms with Crippen molar-refractivity contribution in [1.29, 1.82) is 0 Å². The third kappa shape index (κ3) is 42.1. The number of carbonyl (C=O) groups excluding carboxylic acids is 2. The molecule has 0 fully saturated rings. The van der Waals surface area contributed by atoms with E-state index in [1.807, 2.05) is 0 Å². The van der Waals surface area contributed by atoms with Crippen LogP contribution in [-0.4, -0.2) is 35.6 Å². The van der Waals surface area contributed by atoms with Gasteiger partial charge in [-0.3, -0.25) is 14.4 Å². The van der Waals surface area contributed by atoms with Gasteiger partial charge in [-0.15, -0.1) is 0 Å². The monoisotopic (exact) mass is 756 g/mol. The Kier molecular flexibility index (Phi) is 41.0. The van der Waals surface area contributed by atoms with Crippen molar-refractivity contribution in [3.63, 3.8) is 0 Å². The molecule has 0 spiro atoms. The zero-order chi connectivity index (χ0) is 39.4. The van der Waals surface area contributed by atoms with Crippen LogP contribution in [0.3, 0.4) is 0 Å². The number of hydrogen-bond donors (Lipinski definition) is 2. The molecule has 0 aromatic carbocycles. The summed E-state index contributed by atoms with van der Waals surface area (Å²) >= 11 is 0. The molecule has 312 valence electrons. The molecule has 1 unspecified atom stereocenters. The average Bonchev–Trinajstić information content (AvgIpc) is 3.16. The highest BCUT2D eigenvalue weighted by Gasteiger charge is 2.14. The van der Waals surface area contributed by atoms with Gasteiger partial charge < -0.3 is 15.2 Å². The number of hydrogen-bond acceptors (Lipinski definition) is 4. The summed E-state index contributed by atoms with van der Waals surface area (Å²) in [5, 5.41) is 11.1. The summed E-state index contributed by atoms with van der Waals surface area (Å²) in [6.45, 7) is 4.20. The zero-order valence-corrected chi connectivity index (χ0v) is 35.3. The number of unbranched alkanes of at least 4 members (excludes halogenated alkanes) is 22. The lowest BCUT2D eigenvalue weighted by atomic mass is 10.0. The van der Waals surface area contributed by atoms with E-state index in [-0.39, 0.29) is 24.5 Å². The first kappa shape index (κ1) is 51.4. The number of nitrogens with one attached hydrogen (secondary N) is 1. The molecular weight excluding hydrogens is 671 g/mol. The number of rotatable bonds is 41. The number of ether oxygens (including phenoxy) is 1. The van der Waals surface area contributed by atoms with Crippen LogP contribution in [0.15, 0.2) is 48.6 Å². The number of amides is 1. The van der Waals surface area contributed by atoms with Crippen molar-refractivity contribution in [3.05, 3.63) is 48.6 Å². The number of carboxylic acids is 1. The van der Waals surface area contributed by atoms with E-state index in [0.29, 0.717) is 12.8 Å². The molecule has 2 N–H and O–H groups in total. The molecule has 6 nitrogen and oxygen atoms in total. The second-order valence-corrected chi connectivity index (χ2v) is 15.3. The quantitative estimate of drug-likeness (QED) is 0.0368. The predicted molar refractivity (Wildman–Crippen MR) is 231 cm³/mol. The minimum absolute atomic E-state index is 0.0129. The molecule has 1 atom stereocenters. The van der Waals surface area contributed by atoms with E-state index in [0.717, 1.165) is 89.9 Å². The van der Waals surface area contributed by atoms with Crippen LogP contribution in [0.4, 0.5) is 0 Å². The van der Waals surface area contributed by atoms with Crippen LogP contribution in [0.1, 0.15) is 226 Å². The van der Waals surface area contributed by atoms with Gasteiger partial charge in [0.1, 0.15) is 12.6 Å². The number of esters is 1. The van der Waals surface area contributed by atoms with Crippen molar-refractivity contribution >= 4 is 17.8 Å². The molecule has 0 saturated carbocycles. The molecule has 0 heterocycles. The summed E-state index contributed by atoms with van der Waals surface area (Å²) in [5.41, 5.74) is 0. The topological polar surface area (TPSA) is 92.7 Å². The van der Waals surface area contributed by atoms with Crippen molar-refractivity contribution in [2.45, 2.75) is 232 Å². The molecule has 0 aliphatic heterocycles. The molecule has 0 bridgehead atoms. The molecular formula is C48H85NO5. The van der Waals surface area contributed by atoms with Crippen LogP contribution in [0.5, 0.6) is 0 Å². The minimum Gasteiger partial charge on any atom is -0.480 e. The molecule has 0 rings (SSSR count). The van der Waals surface area contributed by atoms with Crippen molar-refractivity contribution in [1.82, 2.24) is 5.32 Å². The molecule has 0 aliphatic rings. The molecule has 0 radical (unpaired) electrons. The molecule has 0 aliphatic carbocycles. The Morgan fingerprint density at radius 1 is 0.481 bits per heavy atom. The number of aliphatic carboxylic acids is 1. The summed E-state index contributed by atoms with van der Waals surface area (Å²) in [5.74, 6) is -1.26. The summed E-state index contributed by atoms with van der Waals surface area (Å²) in [4.78, 5) is 35.1. The highest BCUT2D eigenvalue weighted by atomic mass is 16.5. The number of carboxylic acid groups (broad SMARTS) is 1. The van der Waals surface area contributed by atoms with Crippen LogP contribution in [0, 0.1) is 0 Å². The molecule has 0 aromatic heterocycles. The maximum Gasteiger partial charge on any atom is 0.322 e. The Labute approximate surface area is 333 Å². The molecule has 0 saturated heterocycles. The van der Waals surface area contributed by atoms with Gasteiger partial charge in [0.25, 0.3) is 0 Å². The number of allylic oxidation sites excluding steroid dienone is 8. The van der Waals surface area contributed by atoms with Gasteiger partial charge in [-0.25, -0.2) is 0 Å². The first-order chi connectivity index (χ1) is 26.5. The Morgan fingerprint density at radius 2 is 0.870 bits per heavy atom.